The highest BCUT2D eigenvalue weighted by atomic mass is 79.9. The lowest BCUT2D eigenvalue weighted by atomic mass is 10.1. The standard InChI is InChI=1S/C17H17BrClNO3/c1-3-23-15-9-12(8-14(19)16(15)21)17(22)20(2)10-11-4-6-13(18)7-5-11/h4-9,21H,3,10H2,1-2H3. The molecule has 2 aromatic carbocycles. The maximum absolute atomic E-state index is 12.6. The highest BCUT2D eigenvalue weighted by molar-refractivity contribution is 9.10. The van der Waals surface area contributed by atoms with E-state index >= 15 is 0 Å². The fourth-order valence-corrected chi connectivity index (χ4v) is 2.59. The van der Waals surface area contributed by atoms with Crippen molar-refractivity contribution in [3.05, 3.63) is 57.0 Å². The molecule has 2 aromatic rings. The Balaban J connectivity index is 2.20. The smallest absolute Gasteiger partial charge is 0.254 e. The van der Waals surface area contributed by atoms with Crippen molar-refractivity contribution in [2.75, 3.05) is 13.7 Å². The van der Waals surface area contributed by atoms with Gasteiger partial charge in [0.1, 0.15) is 0 Å². The average Bonchev–Trinajstić information content (AvgIpc) is 2.53. The molecule has 0 heterocycles. The normalized spacial score (nSPS) is 10.4. The Morgan fingerprint density at radius 3 is 2.57 bits per heavy atom. The van der Waals surface area contributed by atoms with Crippen LogP contribution in [0.2, 0.25) is 5.02 Å². The van der Waals surface area contributed by atoms with Gasteiger partial charge in [-0.25, -0.2) is 0 Å². The Hall–Kier alpha value is -1.72. The van der Waals surface area contributed by atoms with Gasteiger partial charge in [0.15, 0.2) is 11.5 Å². The van der Waals surface area contributed by atoms with E-state index in [-0.39, 0.29) is 22.4 Å². The summed E-state index contributed by atoms with van der Waals surface area (Å²) in [5.41, 5.74) is 1.38. The maximum Gasteiger partial charge on any atom is 0.254 e. The van der Waals surface area contributed by atoms with Gasteiger partial charge in [-0.1, -0.05) is 39.7 Å². The first-order valence-electron chi connectivity index (χ1n) is 7.07. The summed E-state index contributed by atoms with van der Waals surface area (Å²) in [7, 11) is 1.71. The van der Waals surface area contributed by atoms with Gasteiger partial charge < -0.3 is 14.7 Å². The highest BCUT2D eigenvalue weighted by Crippen LogP contribution is 2.35. The van der Waals surface area contributed by atoms with Crippen molar-refractivity contribution in [1.82, 2.24) is 4.90 Å². The molecule has 23 heavy (non-hydrogen) atoms. The quantitative estimate of drug-likeness (QED) is 0.808. The number of carbonyl (C=O) groups is 1. The summed E-state index contributed by atoms with van der Waals surface area (Å²) in [5.74, 6) is -0.142. The molecular formula is C17H17BrClNO3. The van der Waals surface area contributed by atoms with E-state index in [9.17, 15) is 9.90 Å². The second kappa shape index (κ2) is 7.70. The van der Waals surface area contributed by atoms with Gasteiger partial charge in [-0.05, 0) is 36.8 Å². The molecule has 0 atom stereocenters. The van der Waals surface area contributed by atoms with E-state index in [0.717, 1.165) is 10.0 Å². The third kappa shape index (κ3) is 4.39. The van der Waals surface area contributed by atoms with Crippen LogP contribution in [0.15, 0.2) is 40.9 Å². The number of hydrogen-bond donors (Lipinski definition) is 1. The zero-order valence-electron chi connectivity index (χ0n) is 12.8. The first kappa shape index (κ1) is 17.6. The molecule has 1 N–H and O–H groups in total. The van der Waals surface area contributed by atoms with Crippen molar-refractivity contribution in [1.29, 1.82) is 0 Å². The van der Waals surface area contributed by atoms with Crippen molar-refractivity contribution in [2.24, 2.45) is 0 Å². The van der Waals surface area contributed by atoms with Crippen LogP contribution in [0.3, 0.4) is 0 Å². The fraction of sp³-hybridized carbons (Fsp3) is 0.235. The maximum atomic E-state index is 12.6. The van der Waals surface area contributed by atoms with Crippen LogP contribution >= 0.6 is 27.5 Å². The van der Waals surface area contributed by atoms with Gasteiger partial charge in [-0.3, -0.25) is 4.79 Å². The van der Waals surface area contributed by atoms with Gasteiger partial charge in [0, 0.05) is 23.6 Å². The summed E-state index contributed by atoms with van der Waals surface area (Å²) < 4.78 is 6.30. The molecule has 0 saturated carbocycles. The van der Waals surface area contributed by atoms with Gasteiger partial charge in [-0.15, -0.1) is 0 Å². The van der Waals surface area contributed by atoms with Crippen molar-refractivity contribution in [3.8, 4) is 11.5 Å². The minimum Gasteiger partial charge on any atom is -0.503 e. The lowest BCUT2D eigenvalue weighted by molar-refractivity contribution is 0.0784. The van der Waals surface area contributed by atoms with Crippen LogP contribution in [-0.2, 0) is 6.54 Å². The van der Waals surface area contributed by atoms with Crippen LogP contribution in [0, 0.1) is 0 Å². The van der Waals surface area contributed by atoms with Gasteiger partial charge >= 0.3 is 0 Å². The van der Waals surface area contributed by atoms with Crippen molar-refractivity contribution in [3.63, 3.8) is 0 Å². The minimum atomic E-state index is -0.198. The number of halogens is 2. The van der Waals surface area contributed by atoms with Crippen LogP contribution in [0.25, 0.3) is 0 Å². The molecule has 6 heteroatoms. The molecule has 2 rings (SSSR count). The van der Waals surface area contributed by atoms with E-state index < -0.39 is 0 Å². The molecule has 0 spiro atoms. The molecule has 0 fully saturated rings. The van der Waals surface area contributed by atoms with Gasteiger partial charge in [0.05, 0.1) is 11.6 Å². The zero-order chi connectivity index (χ0) is 17.0. The summed E-state index contributed by atoms with van der Waals surface area (Å²) in [6.45, 7) is 2.63. The number of aromatic hydroxyl groups is 1. The summed E-state index contributed by atoms with van der Waals surface area (Å²) in [5, 5.41) is 9.94. The van der Waals surface area contributed by atoms with Crippen molar-refractivity contribution < 1.29 is 14.6 Å². The Bertz CT molecular complexity index is 704. The summed E-state index contributed by atoms with van der Waals surface area (Å²) >= 11 is 9.36. The van der Waals surface area contributed by atoms with E-state index in [1.807, 2.05) is 24.3 Å². The Labute approximate surface area is 148 Å². The lowest BCUT2D eigenvalue weighted by Gasteiger charge is -2.18. The number of rotatable bonds is 5. The molecule has 4 nitrogen and oxygen atoms in total. The number of ether oxygens (including phenoxy) is 1. The van der Waals surface area contributed by atoms with Gasteiger partial charge in [0.2, 0.25) is 0 Å². The molecule has 0 aromatic heterocycles. The third-order valence-corrected chi connectivity index (χ3v) is 4.07. The number of phenols is 1. The van der Waals surface area contributed by atoms with E-state index in [1.54, 1.807) is 18.9 Å². The lowest BCUT2D eigenvalue weighted by Crippen LogP contribution is -2.26. The highest BCUT2D eigenvalue weighted by Gasteiger charge is 2.17. The van der Waals surface area contributed by atoms with Crippen molar-refractivity contribution in [2.45, 2.75) is 13.5 Å². The van der Waals surface area contributed by atoms with Crippen LogP contribution in [0.1, 0.15) is 22.8 Å². The monoisotopic (exact) mass is 397 g/mol. The second-order valence-electron chi connectivity index (χ2n) is 5.03. The minimum absolute atomic E-state index is 0.0938. The number of nitrogens with zero attached hydrogens (tertiary/aromatic N) is 1. The number of carbonyl (C=O) groups excluding carboxylic acids is 1. The molecule has 0 saturated heterocycles. The van der Waals surface area contributed by atoms with Crippen LogP contribution < -0.4 is 4.74 Å². The third-order valence-electron chi connectivity index (χ3n) is 3.25. The molecule has 0 aliphatic rings. The Kier molecular flexibility index (Phi) is 5.91. The molecular weight excluding hydrogens is 382 g/mol. The predicted octanol–water partition coefficient (Wildman–Crippen LogP) is 4.48. The van der Waals surface area contributed by atoms with Crippen molar-refractivity contribution >= 4 is 33.4 Å². The molecule has 1 amide bonds. The van der Waals surface area contributed by atoms with E-state index in [0.29, 0.717) is 18.7 Å². The predicted molar refractivity (Wildman–Crippen MR) is 94.2 cm³/mol. The van der Waals surface area contributed by atoms with Crippen LogP contribution in [0.5, 0.6) is 11.5 Å². The number of hydrogen-bond acceptors (Lipinski definition) is 3. The topological polar surface area (TPSA) is 49.8 Å². The van der Waals surface area contributed by atoms with E-state index in [1.165, 1.54) is 12.1 Å². The molecule has 0 aliphatic carbocycles. The summed E-state index contributed by atoms with van der Waals surface area (Å²) in [6.07, 6.45) is 0. The van der Waals surface area contributed by atoms with Crippen LogP contribution in [0.4, 0.5) is 0 Å². The molecule has 0 unspecified atom stereocenters. The molecule has 0 radical (unpaired) electrons. The Morgan fingerprint density at radius 1 is 1.30 bits per heavy atom. The van der Waals surface area contributed by atoms with Gasteiger partial charge in [-0.2, -0.15) is 0 Å². The Morgan fingerprint density at radius 2 is 1.96 bits per heavy atom. The van der Waals surface area contributed by atoms with E-state index in [4.69, 9.17) is 16.3 Å². The molecule has 122 valence electrons. The summed E-state index contributed by atoms with van der Waals surface area (Å²) in [6, 6.07) is 10.7. The van der Waals surface area contributed by atoms with Gasteiger partial charge in [0.25, 0.3) is 5.91 Å². The van der Waals surface area contributed by atoms with Crippen LogP contribution in [-0.4, -0.2) is 29.6 Å². The van der Waals surface area contributed by atoms with E-state index in [2.05, 4.69) is 15.9 Å². The summed E-state index contributed by atoms with van der Waals surface area (Å²) in [4.78, 5) is 14.1. The SMILES string of the molecule is CCOc1cc(C(=O)N(C)Cc2ccc(Br)cc2)cc(Cl)c1O. The first-order chi connectivity index (χ1) is 10.9. The number of phenolic OH excluding ortho intramolecular Hbond substituents is 1. The largest absolute Gasteiger partial charge is 0.503 e. The molecule has 0 aliphatic heterocycles. The first-order valence-corrected chi connectivity index (χ1v) is 8.24. The average molecular weight is 399 g/mol. The second-order valence-corrected chi connectivity index (χ2v) is 6.35. The zero-order valence-corrected chi connectivity index (χ0v) is 15.2. The molecule has 0 bridgehead atoms. The number of benzene rings is 2. The number of amides is 1. The fourth-order valence-electron chi connectivity index (χ4n) is 2.12.